The van der Waals surface area contributed by atoms with E-state index in [2.05, 4.69) is 184 Å². The van der Waals surface area contributed by atoms with Crippen LogP contribution in [0.15, 0.2) is 121 Å². The fraction of sp³-hybridized carbons (Fsp3) is 0.312. The number of aryl methyl sites for hydroxylation is 8. The molecule has 0 amide bonds. The molecule has 0 aliphatic heterocycles. The Morgan fingerprint density at radius 3 is 0.894 bits per heavy atom. The van der Waals surface area contributed by atoms with E-state index in [4.69, 9.17) is 0 Å². The molecule has 2 aliphatic rings. The fourth-order valence-electron chi connectivity index (χ4n) is 11.6. The first-order valence-electron chi connectivity index (χ1n) is 24.0. The van der Waals surface area contributed by atoms with Crippen LogP contribution in [0, 0.1) is 82.1 Å². The predicted molar refractivity (Wildman–Crippen MR) is 289 cm³/mol. The van der Waals surface area contributed by atoms with E-state index in [0.717, 1.165) is 11.8 Å². The summed E-state index contributed by atoms with van der Waals surface area (Å²) in [4.78, 5) is 0. The third-order valence-corrected chi connectivity index (χ3v) is 14.0. The standard InChI is InChI=1S/2C31H33.2CH3.Si.Zr/c2*1-20-11-21(2)14-26(13-20)28-9-10-29(27-15-22(3)12-23(4)16-27)31-19-25(18-30(28)31)17-24-7-5-6-8-24;;;;/h2*9-16,18-19,24H,5-8,17H2,1-4H3;2*1H3;;/q4*-1;;. The Hall–Kier alpha value is -4.36. The molecule has 2 radical (unpaired) electrons. The van der Waals surface area contributed by atoms with Gasteiger partial charge in [-0.05, 0) is 91.2 Å². The second kappa shape index (κ2) is 22.6. The molecule has 2 aliphatic carbocycles. The molecule has 0 atom stereocenters. The van der Waals surface area contributed by atoms with E-state index in [1.54, 1.807) is 0 Å². The molecule has 2 heteroatoms. The Morgan fingerprint density at radius 1 is 0.379 bits per heavy atom. The van der Waals surface area contributed by atoms with Crippen LogP contribution >= 0.6 is 0 Å². The van der Waals surface area contributed by atoms with Crippen LogP contribution in [0.4, 0.5) is 0 Å². The zero-order chi connectivity index (χ0) is 45.1. The zero-order valence-electron chi connectivity index (χ0n) is 41.8. The maximum atomic E-state index is 3.06. The van der Waals surface area contributed by atoms with Crippen molar-refractivity contribution in [1.82, 2.24) is 0 Å². The van der Waals surface area contributed by atoms with Crippen LogP contribution in [0.5, 0.6) is 0 Å². The van der Waals surface area contributed by atoms with Gasteiger partial charge in [-0.15, -0.1) is 44.8 Å². The van der Waals surface area contributed by atoms with E-state index in [0.29, 0.717) is 0 Å². The topological polar surface area (TPSA) is 0 Å². The van der Waals surface area contributed by atoms with Gasteiger partial charge in [-0.3, -0.25) is 0 Å². The molecule has 8 aromatic rings. The molecule has 2 fully saturated rings. The molecule has 0 heterocycles. The SMILES string of the molecule is Cc1cc(C)cc(-c2ccc(-c3cc(C)cc(C)c3)c3[cH-]c(CC4CCCC4)cc23)c1.Cc1cc(C)cc(-c2ccc(-c3cc(C)cc(C)c3)c3[cH-]c(CC4CCCC4)cc23)c1.[CH3-].[CH3-].[Si]=[Zr]. The number of hydrogen-bond donors (Lipinski definition) is 0. The van der Waals surface area contributed by atoms with Gasteiger partial charge < -0.3 is 14.9 Å². The first-order valence-corrected chi connectivity index (χ1v) is 28.2. The van der Waals surface area contributed by atoms with Gasteiger partial charge in [0.25, 0.3) is 0 Å². The Labute approximate surface area is 416 Å². The molecular formula is C64H72SiZr-4. The van der Waals surface area contributed by atoms with Gasteiger partial charge in [0, 0.05) is 0 Å². The Bertz CT molecular complexity index is 2460. The van der Waals surface area contributed by atoms with Crippen LogP contribution in [-0.2, 0) is 36.2 Å². The van der Waals surface area contributed by atoms with Crippen molar-refractivity contribution >= 4 is 28.4 Å². The molecule has 10 rings (SSSR count). The molecule has 0 N–H and O–H groups in total. The summed E-state index contributed by atoms with van der Waals surface area (Å²) in [6.45, 7) is 20.7. The van der Waals surface area contributed by atoms with Crippen LogP contribution in [-0.4, -0.2) is 6.88 Å². The van der Waals surface area contributed by atoms with E-state index in [1.165, 1.54) is 209 Å². The number of benzene rings is 6. The van der Waals surface area contributed by atoms with Gasteiger partial charge in [0.2, 0.25) is 0 Å². The first-order chi connectivity index (χ1) is 30.9. The van der Waals surface area contributed by atoms with Crippen LogP contribution in [0.1, 0.15) is 107 Å². The summed E-state index contributed by atoms with van der Waals surface area (Å²) >= 11 is 1.36. The zero-order valence-corrected chi connectivity index (χ0v) is 45.2. The molecule has 340 valence electrons. The monoisotopic (exact) mass is 958 g/mol. The third-order valence-electron chi connectivity index (χ3n) is 14.0. The van der Waals surface area contributed by atoms with Gasteiger partial charge in [-0.25, -0.2) is 0 Å². The summed E-state index contributed by atoms with van der Waals surface area (Å²) in [5.74, 6) is 1.73. The summed E-state index contributed by atoms with van der Waals surface area (Å²) in [5, 5.41) is 5.65. The van der Waals surface area contributed by atoms with Crippen molar-refractivity contribution in [3.05, 3.63) is 192 Å². The molecule has 0 bridgehead atoms. The van der Waals surface area contributed by atoms with E-state index in [1.807, 2.05) is 0 Å². The van der Waals surface area contributed by atoms with Crippen molar-refractivity contribution in [2.24, 2.45) is 11.8 Å². The Kier molecular flexibility index (Phi) is 17.5. The molecule has 66 heavy (non-hydrogen) atoms. The van der Waals surface area contributed by atoms with E-state index < -0.39 is 0 Å². The normalized spacial score (nSPS) is 13.7. The van der Waals surface area contributed by atoms with Crippen molar-refractivity contribution < 1.29 is 23.3 Å². The summed E-state index contributed by atoms with van der Waals surface area (Å²) in [7, 11) is 0. The average Bonchev–Trinajstić information content (AvgIpc) is 4.09. The van der Waals surface area contributed by atoms with Gasteiger partial charge in [0.05, 0.1) is 0 Å². The Morgan fingerprint density at radius 2 is 0.621 bits per heavy atom. The second-order valence-corrected chi connectivity index (χ2v) is 19.9. The molecule has 0 saturated heterocycles. The minimum absolute atomic E-state index is 0. The van der Waals surface area contributed by atoms with Crippen molar-refractivity contribution in [3.8, 4) is 44.5 Å². The molecule has 0 nitrogen and oxygen atoms in total. The molecule has 0 unspecified atom stereocenters. The van der Waals surface area contributed by atoms with Crippen LogP contribution in [0.25, 0.3) is 66.1 Å². The molecule has 2 saturated carbocycles. The van der Waals surface area contributed by atoms with Gasteiger partial charge in [0.15, 0.2) is 0 Å². The summed E-state index contributed by atoms with van der Waals surface area (Å²) in [6.07, 6.45) is 13.7. The second-order valence-electron chi connectivity index (χ2n) is 19.9. The third kappa shape index (κ3) is 11.8. The maximum absolute atomic E-state index is 3.06. The predicted octanol–water partition coefficient (Wildman–Crippen LogP) is 18.2. The first kappa shape index (κ1) is 51.0. The Balaban J connectivity index is 0.000000204. The molecule has 0 aromatic heterocycles. The molecular weight excluding hydrogens is 888 g/mol. The fourth-order valence-corrected chi connectivity index (χ4v) is 11.6. The summed E-state index contributed by atoms with van der Waals surface area (Å²) < 4.78 is 0. The van der Waals surface area contributed by atoms with Gasteiger partial charge in [-0.1, -0.05) is 226 Å². The van der Waals surface area contributed by atoms with E-state index in [9.17, 15) is 0 Å². The van der Waals surface area contributed by atoms with Crippen LogP contribution in [0.3, 0.4) is 0 Å². The van der Waals surface area contributed by atoms with Gasteiger partial charge in [-0.2, -0.15) is 12.1 Å². The number of fused-ring (bicyclic) bond motifs is 2. The van der Waals surface area contributed by atoms with Crippen LogP contribution < -0.4 is 0 Å². The quantitative estimate of drug-likeness (QED) is 0.105. The van der Waals surface area contributed by atoms with Crippen LogP contribution in [0.2, 0.25) is 0 Å². The van der Waals surface area contributed by atoms with Crippen molar-refractivity contribution in [1.29, 1.82) is 0 Å². The van der Waals surface area contributed by atoms with Gasteiger partial charge in [0.1, 0.15) is 0 Å². The average molecular weight is 961 g/mol. The van der Waals surface area contributed by atoms with E-state index >= 15 is 0 Å². The molecule has 8 aromatic carbocycles. The van der Waals surface area contributed by atoms with Crippen molar-refractivity contribution in [3.63, 3.8) is 0 Å². The number of rotatable bonds is 8. The van der Waals surface area contributed by atoms with Gasteiger partial charge >= 0.3 is 30.2 Å². The van der Waals surface area contributed by atoms with Crippen molar-refractivity contribution in [2.45, 2.75) is 120 Å². The number of hydrogen-bond acceptors (Lipinski definition) is 0. The van der Waals surface area contributed by atoms with Crippen molar-refractivity contribution in [2.75, 3.05) is 0 Å². The summed E-state index contributed by atoms with van der Waals surface area (Å²) in [5.41, 5.74) is 24.5. The summed E-state index contributed by atoms with van der Waals surface area (Å²) in [6, 6.07) is 47.1. The minimum atomic E-state index is 0. The van der Waals surface area contributed by atoms with E-state index in [-0.39, 0.29) is 14.9 Å². The molecule has 0 spiro atoms.